The predicted molar refractivity (Wildman–Crippen MR) is 86.2 cm³/mol. The second-order valence-corrected chi connectivity index (χ2v) is 5.53. The van der Waals surface area contributed by atoms with Crippen LogP contribution in [0.2, 0.25) is 0 Å². The molecule has 1 aromatic carbocycles. The fourth-order valence-electron chi connectivity index (χ4n) is 2.05. The molecular formula is C18H22FNO3. The van der Waals surface area contributed by atoms with Crippen LogP contribution >= 0.6 is 0 Å². The summed E-state index contributed by atoms with van der Waals surface area (Å²) in [6.07, 6.45) is 3.35. The third-order valence-corrected chi connectivity index (χ3v) is 3.67. The summed E-state index contributed by atoms with van der Waals surface area (Å²) in [5, 5.41) is 2.33. The number of benzene rings is 1. The number of hydrogen-bond donors (Lipinski definition) is 1. The number of carbonyl (C=O) groups is 3. The van der Waals surface area contributed by atoms with E-state index in [2.05, 4.69) is 5.32 Å². The number of nitrogens with one attached hydrogen (secondary N) is 1. The van der Waals surface area contributed by atoms with Crippen molar-refractivity contribution in [2.75, 3.05) is 0 Å². The smallest absolute Gasteiger partial charge is 0.253 e. The molecule has 0 aromatic heterocycles. The Kier molecular flexibility index (Phi) is 7.32. The zero-order valence-electron chi connectivity index (χ0n) is 13.7. The fourth-order valence-corrected chi connectivity index (χ4v) is 2.05. The van der Waals surface area contributed by atoms with Crippen LogP contribution in [0.5, 0.6) is 0 Å². The quantitative estimate of drug-likeness (QED) is 0.621. The highest BCUT2D eigenvalue weighted by Crippen LogP contribution is 2.15. The highest BCUT2D eigenvalue weighted by Gasteiger charge is 2.17. The summed E-state index contributed by atoms with van der Waals surface area (Å²) in [5.41, 5.74) is 1.63. The Balaban J connectivity index is 2.68. The average Bonchev–Trinajstić information content (AvgIpc) is 2.53. The van der Waals surface area contributed by atoms with Crippen molar-refractivity contribution in [2.24, 2.45) is 5.92 Å². The Morgan fingerprint density at radius 2 is 2.04 bits per heavy atom. The van der Waals surface area contributed by atoms with Crippen molar-refractivity contribution >= 4 is 18.1 Å². The lowest BCUT2D eigenvalue weighted by Gasteiger charge is -2.12. The molecule has 0 bridgehead atoms. The molecule has 1 atom stereocenters. The molecule has 1 N–H and O–H groups in total. The van der Waals surface area contributed by atoms with Gasteiger partial charge in [-0.25, -0.2) is 4.39 Å². The molecular weight excluding hydrogens is 297 g/mol. The van der Waals surface area contributed by atoms with Crippen molar-refractivity contribution in [1.29, 1.82) is 0 Å². The molecule has 0 spiro atoms. The van der Waals surface area contributed by atoms with E-state index in [9.17, 15) is 18.8 Å². The highest BCUT2D eigenvalue weighted by atomic mass is 19.1. The van der Waals surface area contributed by atoms with Gasteiger partial charge in [-0.2, -0.15) is 0 Å². The maximum Gasteiger partial charge on any atom is 0.253 e. The van der Waals surface area contributed by atoms with E-state index in [1.807, 2.05) is 0 Å². The third kappa shape index (κ3) is 5.77. The number of rotatable bonds is 7. The zero-order chi connectivity index (χ0) is 17.4. The van der Waals surface area contributed by atoms with Crippen molar-refractivity contribution in [2.45, 2.75) is 40.0 Å². The molecule has 2 amide bonds. The third-order valence-electron chi connectivity index (χ3n) is 3.67. The van der Waals surface area contributed by atoms with E-state index in [4.69, 9.17) is 0 Å². The molecule has 0 aliphatic carbocycles. The summed E-state index contributed by atoms with van der Waals surface area (Å²) in [6, 6.07) is 4.75. The maximum atomic E-state index is 13.9. The molecule has 5 heteroatoms. The summed E-state index contributed by atoms with van der Waals surface area (Å²) in [4.78, 5) is 34.0. The molecule has 1 unspecified atom stereocenters. The number of halogens is 1. The summed E-state index contributed by atoms with van der Waals surface area (Å²) in [7, 11) is 0. The van der Waals surface area contributed by atoms with Crippen molar-refractivity contribution in [3.63, 3.8) is 0 Å². The van der Waals surface area contributed by atoms with Crippen LogP contribution in [0.1, 0.15) is 38.3 Å². The lowest BCUT2D eigenvalue weighted by molar-refractivity contribution is -0.130. The largest absolute Gasteiger partial charge is 0.303 e. The average molecular weight is 319 g/mol. The van der Waals surface area contributed by atoms with Crippen LogP contribution in [0.4, 0.5) is 4.39 Å². The Bertz CT molecular complexity index is 623. The SMILES string of the molecule is C/C=C(/C)C(=O)NC(=O)C(C)Cc1ccc(CCC=O)c(F)c1. The number of imide groups is 1. The molecule has 0 radical (unpaired) electrons. The monoisotopic (exact) mass is 319 g/mol. The van der Waals surface area contributed by atoms with Gasteiger partial charge in [-0.3, -0.25) is 14.9 Å². The van der Waals surface area contributed by atoms with Crippen LogP contribution in [-0.4, -0.2) is 18.1 Å². The molecule has 0 aliphatic heterocycles. The standard InChI is InChI=1S/C18H22FNO3/c1-4-12(2)17(22)20-18(23)13(3)10-14-7-8-15(6-5-9-21)16(19)11-14/h4,7-9,11,13H,5-6,10H2,1-3H3,(H,20,22,23)/b12-4-. The summed E-state index contributed by atoms with van der Waals surface area (Å²) in [6.45, 7) is 5.03. The van der Waals surface area contributed by atoms with Crippen LogP contribution in [0.25, 0.3) is 0 Å². The molecule has 4 nitrogen and oxygen atoms in total. The number of carbonyl (C=O) groups excluding carboxylic acids is 3. The minimum Gasteiger partial charge on any atom is -0.303 e. The molecule has 124 valence electrons. The molecule has 1 rings (SSSR count). The highest BCUT2D eigenvalue weighted by molar-refractivity contribution is 6.04. The topological polar surface area (TPSA) is 63.2 Å². The Morgan fingerprint density at radius 3 is 2.61 bits per heavy atom. The maximum absolute atomic E-state index is 13.9. The number of aryl methyl sites for hydroxylation is 1. The van der Waals surface area contributed by atoms with Gasteiger partial charge in [0.2, 0.25) is 5.91 Å². The second kappa shape index (κ2) is 8.98. The van der Waals surface area contributed by atoms with Crippen molar-refractivity contribution in [1.82, 2.24) is 5.32 Å². The van der Waals surface area contributed by atoms with E-state index in [1.54, 1.807) is 39.0 Å². The molecule has 0 fully saturated rings. The lowest BCUT2D eigenvalue weighted by Crippen LogP contribution is -2.35. The van der Waals surface area contributed by atoms with E-state index < -0.39 is 11.8 Å². The van der Waals surface area contributed by atoms with Gasteiger partial charge >= 0.3 is 0 Å². The lowest BCUT2D eigenvalue weighted by atomic mass is 9.98. The molecule has 0 saturated carbocycles. The first-order valence-electron chi connectivity index (χ1n) is 7.58. The number of allylic oxidation sites excluding steroid dienone is 1. The predicted octanol–water partition coefficient (Wildman–Crippen LogP) is 2.74. The van der Waals surface area contributed by atoms with E-state index in [-0.39, 0.29) is 18.1 Å². The Morgan fingerprint density at radius 1 is 1.35 bits per heavy atom. The van der Waals surface area contributed by atoms with Crippen LogP contribution in [0.15, 0.2) is 29.8 Å². The molecule has 0 aliphatic rings. The van der Waals surface area contributed by atoms with E-state index in [1.165, 1.54) is 6.07 Å². The van der Waals surface area contributed by atoms with E-state index in [0.717, 1.165) is 6.29 Å². The van der Waals surface area contributed by atoms with Gasteiger partial charge in [0.05, 0.1) is 0 Å². The van der Waals surface area contributed by atoms with Crippen molar-refractivity contribution in [3.05, 3.63) is 46.8 Å². The molecule has 0 saturated heterocycles. The van der Waals surface area contributed by atoms with Gasteiger partial charge in [0.15, 0.2) is 0 Å². The first-order valence-corrected chi connectivity index (χ1v) is 7.58. The van der Waals surface area contributed by atoms with Crippen molar-refractivity contribution in [3.8, 4) is 0 Å². The fraction of sp³-hybridized carbons (Fsp3) is 0.389. The van der Waals surface area contributed by atoms with Crippen LogP contribution in [0, 0.1) is 11.7 Å². The van der Waals surface area contributed by atoms with E-state index >= 15 is 0 Å². The van der Waals surface area contributed by atoms with Crippen LogP contribution < -0.4 is 5.32 Å². The first-order chi connectivity index (χ1) is 10.9. The van der Waals surface area contributed by atoms with Gasteiger partial charge in [-0.15, -0.1) is 0 Å². The molecule has 23 heavy (non-hydrogen) atoms. The van der Waals surface area contributed by atoms with E-state index in [0.29, 0.717) is 29.5 Å². The number of amides is 2. The number of aldehydes is 1. The number of hydrogen-bond acceptors (Lipinski definition) is 3. The molecule has 1 aromatic rings. The normalized spacial score (nSPS) is 12.6. The van der Waals surface area contributed by atoms with Crippen LogP contribution in [-0.2, 0) is 27.2 Å². The van der Waals surface area contributed by atoms with Crippen molar-refractivity contribution < 1.29 is 18.8 Å². The summed E-state index contributed by atoms with van der Waals surface area (Å²) >= 11 is 0. The Hall–Kier alpha value is -2.30. The molecule has 0 heterocycles. The Labute approximate surface area is 135 Å². The van der Waals surface area contributed by atoms with Gasteiger partial charge in [0.25, 0.3) is 5.91 Å². The van der Waals surface area contributed by atoms with Gasteiger partial charge in [-0.05, 0) is 43.9 Å². The first kappa shape index (κ1) is 18.7. The summed E-state index contributed by atoms with van der Waals surface area (Å²) < 4.78 is 13.9. The summed E-state index contributed by atoms with van der Waals surface area (Å²) in [5.74, 6) is -1.64. The minimum atomic E-state index is -0.455. The van der Waals surface area contributed by atoms with Gasteiger partial charge in [0, 0.05) is 17.9 Å². The minimum absolute atomic E-state index is 0.279. The van der Waals surface area contributed by atoms with Gasteiger partial charge in [-0.1, -0.05) is 25.1 Å². The van der Waals surface area contributed by atoms with Crippen LogP contribution in [0.3, 0.4) is 0 Å². The second-order valence-electron chi connectivity index (χ2n) is 5.53. The van der Waals surface area contributed by atoms with Gasteiger partial charge < -0.3 is 4.79 Å². The zero-order valence-corrected chi connectivity index (χ0v) is 13.7. The van der Waals surface area contributed by atoms with Gasteiger partial charge in [0.1, 0.15) is 12.1 Å².